The third-order valence-corrected chi connectivity index (χ3v) is 4.42. The average Bonchev–Trinajstić information content (AvgIpc) is 2.84. The van der Waals surface area contributed by atoms with Crippen LogP contribution in [0.25, 0.3) is 0 Å². The van der Waals surface area contributed by atoms with Crippen molar-refractivity contribution in [2.24, 2.45) is 0 Å². The highest BCUT2D eigenvalue weighted by Gasteiger charge is 2.18. The Kier molecular flexibility index (Phi) is 5.94. The maximum Gasteiger partial charge on any atom is 0.224 e. The lowest BCUT2D eigenvalue weighted by molar-refractivity contribution is -0.130. The zero-order valence-electron chi connectivity index (χ0n) is 14.4. The molecule has 0 aromatic carbocycles. The monoisotopic (exact) mass is 307 g/mol. The highest BCUT2D eigenvalue weighted by atomic mass is 16.2. The van der Waals surface area contributed by atoms with Gasteiger partial charge in [-0.3, -0.25) is 4.79 Å². The molecule has 1 aromatic rings. The number of carbonyl (C=O) groups excluding carboxylic acids is 1. The minimum absolute atomic E-state index is 0.0473. The van der Waals surface area contributed by atoms with E-state index in [-0.39, 0.29) is 11.9 Å². The first-order valence-corrected chi connectivity index (χ1v) is 8.33. The lowest BCUT2D eigenvalue weighted by Gasteiger charge is -2.29. The second-order valence-corrected chi connectivity index (χ2v) is 6.42. The first kappa shape index (κ1) is 16.9. The van der Waals surface area contributed by atoms with E-state index < -0.39 is 0 Å². The van der Waals surface area contributed by atoms with E-state index in [0.29, 0.717) is 6.42 Å². The number of nitrogens with zero attached hydrogens (tertiary/aromatic N) is 5. The predicted molar refractivity (Wildman–Crippen MR) is 86.8 cm³/mol. The van der Waals surface area contributed by atoms with Crippen LogP contribution in [-0.4, -0.2) is 63.7 Å². The highest BCUT2D eigenvalue weighted by Crippen LogP contribution is 2.14. The summed E-state index contributed by atoms with van der Waals surface area (Å²) in [6.45, 7) is 9.98. The van der Waals surface area contributed by atoms with Crippen LogP contribution in [0, 0.1) is 13.8 Å². The molecule has 22 heavy (non-hydrogen) atoms. The largest absolute Gasteiger partial charge is 0.344 e. The molecule has 1 saturated heterocycles. The van der Waals surface area contributed by atoms with Gasteiger partial charge in [0.25, 0.3) is 0 Å². The van der Waals surface area contributed by atoms with E-state index in [0.717, 1.165) is 24.7 Å². The number of aromatic nitrogens is 3. The number of likely N-dealkylation sites (tertiary alicyclic amines) is 1. The number of carbonyl (C=O) groups is 1. The minimum Gasteiger partial charge on any atom is -0.344 e. The molecule has 0 spiro atoms. The summed E-state index contributed by atoms with van der Waals surface area (Å²) in [5, 5.41) is 4.37. The van der Waals surface area contributed by atoms with Crippen molar-refractivity contribution in [2.45, 2.75) is 52.5 Å². The summed E-state index contributed by atoms with van der Waals surface area (Å²) in [6.07, 6.45) is 4.40. The summed E-state index contributed by atoms with van der Waals surface area (Å²) in [6, 6.07) is 0.0473. The van der Waals surface area contributed by atoms with Crippen LogP contribution < -0.4 is 0 Å². The fraction of sp³-hybridized carbons (Fsp3) is 0.812. The topological polar surface area (TPSA) is 54.3 Å². The number of hydrogen-bond donors (Lipinski definition) is 0. The maximum atomic E-state index is 12.4. The van der Waals surface area contributed by atoms with Crippen LogP contribution in [0.3, 0.4) is 0 Å². The van der Waals surface area contributed by atoms with Crippen molar-refractivity contribution in [3.63, 3.8) is 0 Å². The van der Waals surface area contributed by atoms with Crippen molar-refractivity contribution in [3.8, 4) is 0 Å². The molecule has 6 nitrogen and oxygen atoms in total. The Balaban J connectivity index is 1.79. The molecule has 1 aliphatic heterocycles. The van der Waals surface area contributed by atoms with Crippen LogP contribution in [0.4, 0.5) is 0 Å². The van der Waals surface area contributed by atoms with Crippen LogP contribution in [0.1, 0.15) is 50.3 Å². The predicted octanol–water partition coefficient (Wildman–Crippen LogP) is 1.79. The molecule has 6 heteroatoms. The summed E-state index contributed by atoms with van der Waals surface area (Å²) in [4.78, 5) is 21.0. The Hall–Kier alpha value is -1.43. The average molecular weight is 307 g/mol. The third kappa shape index (κ3) is 4.53. The Bertz CT molecular complexity index is 493. The maximum absolute atomic E-state index is 12.4. The zero-order chi connectivity index (χ0) is 16.1. The number of likely N-dealkylation sites (N-methyl/N-ethyl adjacent to an activating group) is 1. The van der Waals surface area contributed by atoms with Crippen LogP contribution in [-0.2, 0) is 4.79 Å². The lowest BCUT2D eigenvalue weighted by atomic mass is 10.1. The molecule has 2 rings (SSSR count). The van der Waals surface area contributed by atoms with E-state index in [1.807, 2.05) is 37.4 Å². The summed E-state index contributed by atoms with van der Waals surface area (Å²) >= 11 is 0. The highest BCUT2D eigenvalue weighted by molar-refractivity contribution is 5.76. The van der Waals surface area contributed by atoms with Gasteiger partial charge in [-0.25, -0.2) is 9.67 Å². The van der Waals surface area contributed by atoms with Gasteiger partial charge in [-0.15, -0.1) is 0 Å². The molecule has 2 heterocycles. The van der Waals surface area contributed by atoms with Crippen molar-refractivity contribution >= 4 is 5.91 Å². The van der Waals surface area contributed by atoms with E-state index in [1.165, 1.54) is 32.4 Å². The fourth-order valence-corrected chi connectivity index (χ4v) is 3.05. The number of hydrogen-bond acceptors (Lipinski definition) is 4. The molecule has 1 fully saturated rings. The van der Waals surface area contributed by atoms with Crippen LogP contribution in [0.2, 0.25) is 0 Å². The van der Waals surface area contributed by atoms with Gasteiger partial charge in [0.15, 0.2) is 0 Å². The summed E-state index contributed by atoms with van der Waals surface area (Å²) in [7, 11) is 1.90. The first-order valence-electron chi connectivity index (χ1n) is 8.33. The number of aryl methyl sites for hydroxylation is 2. The Morgan fingerprint density at radius 1 is 1.27 bits per heavy atom. The van der Waals surface area contributed by atoms with E-state index >= 15 is 0 Å². The van der Waals surface area contributed by atoms with Gasteiger partial charge in [0.2, 0.25) is 5.91 Å². The molecule has 124 valence electrons. The molecular weight excluding hydrogens is 278 g/mol. The molecule has 0 radical (unpaired) electrons. The van der Waals surface area contributed by atoms with Gasteiger partial charge in [-0.2, -0.15) is 5.10 Å². The molecule has 0 N–H and O–H groups in total. The van der Waals surface area contributed by atoms with Gasteiger partial charge in [0, 0.05) is 26.6 Å². The number of piperidine rings is 1. The minimum atomic E-state index is 0.0473. The van der Waals surface area contributed by atoms with Gasteiger partial charge < -0.3 is 9.80 Å². The normalized spacial score (nSPS) is 17.5. The van der Waals surface area contributed by atoms with Crippen LogP contribution >= 0.6 is 0 Å². The summed E-state index contributed by atoms with van der Waals surface area (Å²) < 4.78 is 1.85. The van der Waals surface area contributed by atoms with Crippen molar-refractivity contribution < 1.29 is 4.79 Å². The smallest absolute Gasteiger partial charge is 0.224 e. The molecule has 0 bridgehead atoms. The molecule has 0 saturated carbocycles. The Morgan fingerprint density at radius 3 is 2.55 bits per heavy atom. The first-order chi connectivity index (χ1) is 10.5. The van der Waals surface area contributed by atoms with E-state index in [2.05, 4.69) is 15.0 Å². The fourth-order valence-electron chi connectivity index (χ4n) is 3.05. The van der Waals surface area contributed by atoms with Crippen LogP contribution in [0.5, 0.6) is 0 Å². The second-order valence-electron chi connectivity index (χ2n) is 6.42. The molecule has 1 atom stereocenters. The van der Waals surface area contributed by atoms with Crippen molar-refractivity contribution in [1.82, 2.24) is 24.6 Å². The lowest BCUT2D eigenvalue weighted by Crippen LogP contribution is -2.39. The van der Waals surface area contributed by atoms with Gasteiger partial charge in [0.05, 0.1) is 6.04 Å². The van der Waals surface area contributed by atoms with E-state index in [1.54, 1.807) is 0 Å². The van der Waals surface area contributed by atoms with Gasteiger partial charge in [0.1, 0.15) is 11.6 Å². The van der Waals surface area contributed by atoms with Gasteiger partial charge in [-0.05, 0) is 46.7 Å². The Labute approximate surface area is 133 Å². The zero-order valence-corrected chi connectivity index (χ0v) is 14.4. The van der Waals surface area contributed by atoms with E-state index in [4.69, 9.17) is 0 Å². The SMILES string of the molecule is Cc1nc(C)n(C(C)CC(=O)N(C)CCN2CCCCC2)n1. The third-order valence-electron chi connectivity index (χ3n) is 4.42. The van der Waals surface area contributed by atoms with Crippen LogP contribution in [0.15, 0.2) is 0 Å². The molecule has 1 unspecified atom stereocenters. The standard InChI is InChI=1S/C16H29N5O/c1-13(21-15(3)17-14(2)18-21)12-16(22)19(4)10-11-20-8-6-5-7-9-20/h13H,5-12H2,1-4H3. The summed E-state index contributed by atoms with van der Waals surface area (Å²) in [5.41, 5.74) is 0. The molecular formula is C16H29N5O. The quantitative estimate of drug-likeness (QED) is 0.804. The second kappa shape index (κ2) is 7.72. The number of amides is 1. The molecule has 1 aliphatic rings. The van der Waals surface area contributed by atoms with Gasteiger partial charge >= 0.3 is 0 Å². The van der Waals surface area contributed by atoms with Crippen molar-refractivity contribution in [3.05, 3.63) is 11.6 Å². The Morgan fingerprint density at radius 2 is 1.95 bits per heavy atom. The van der Waals surface area contributed by atoms with E-state index in [9.17, 15) is 4.79 Å². The molecule has 0 aliphatic carbocycles. The van der Waals surface area contributed by atoms with Crippen molar-refractivity contribution in [2.75, 3.05) is 33.2 Å². The number of rotatable bonds is 6. The molecule has 1 amide bonds. The van der Waals surface area contributed by atoms with Gasteiger partial charge in [-0.1, -0.05) is 6.42 Å². The summed E-state index contributed by atoms with van der Waals surface area (Å²) in [5.74, 6) is 1.81. The molecule has 1 aromatic heterocycles. The van der Waals surface area contributed by atoms with Crippen molar-refractivity contribution in [1.29, 1.82) is 0 Å².